The van der Waals surface area contributed by atoms with Gasteiger partial charge in [0.1, 0.15) is 0 Å². The lowest BCUT2D eigenvalue weighted by Gasteiger charge is -2.20. The van der Waals surface area contributed by atoms with Gasteiger partial charge in [0.2, 0.25) is 0 Å². The van der Waals surface area contributed by atoms with E-state index in [1.54, 1.807) is 0 Å². The van der Waals surface area contributed by atoms with E-state index < -0.39 is 0 Å². The lowest BCUT2D eigenvalue weighted by molar-refractivity contribution is 0.866. The second-order valence-electron chi connectivity index (χ2n) is 4.94. The molecular weight excluding hydrogens is 336 g/mol. The molecule has 0 heterocycles. The minimum Gasteiger partial charge on any atom is -0.372 e. The van der Waals surface area contributed by atoms with Crippen LogP contribution in [0.1, 0.15) is 25.0 Å². The largest absolute Gasteiger partial charge is 0.372 e. The van der Waals surface area contributed by atoms with Crippen molar-refractivity contribution in [3.8, 4) is 6.07 Å². The molecule has 2 aromatic rings. The van der Waals surface area contributed by atoms with Crippen LogP contribution in [0.3, 0.4) is 0 Å². The molecule has 2 rings (SSSR count). The summed E-state index contributed by atoms with van der Waals surface area (Å²) >= 11 is 3.41. The fourth-order valence-corrected chi connectivity index (χ4v) is 2.61. The summed E-state index contributed by atoms with van der Waals surface area (Å²) in [6, 6.07) is 18.4. The van der Waals surface area contributed by atoms with Gasteiger partial charge in [-0.1, -0.05) is 40.2 Å². The summed E-state index contributed by atoms with van der Waals surface area (Å²) in [5, 5.41) is 9.39. The normalized spacial score (nSPS) is 11.1. The van der Waals surface area contributed by atoms with Crippen molar-refractivity contribution in [2.45, 2.75) is 13.8 Å². The average molecular weight is 355 g/mol. The topological polar surface area (TPSA) is 27.0 Å². The van der Waals surface area contributed by atoms with Gasteiger partial charge in [-0.3, -0.25) is 0 Å². The van der Waals surface area contributed by atoms with Crippen LogP contribution < -0.4 is 4.90 Å². The number of allylic oxidation sites excluding steroid dienone is 1. The van der Waals surface area contributed by atoms with Crippen molar-refractivity contribution in [1.82, 2.24) is 0 Å². The molecule has 0 aliphatic rings. The van der Waals surface area contributed by atoms with Crippen molar-refractivity contribution in [3.05, 3.63) is 64.1 Å². The Morgan fingerprint density at radius 1 is 1.05 bits per heavy atom. The molecule has 0 atom stereocenters. The first-order valence-corrected chi connectivity index (χ1v) is 8.20. The molecule has 0 radical (unpaired) electrons. The molecular formula is C19H19BrN2. The molecule has 3 heteroatoms. The molecule has 0 bridgehead atoms. The maximum absolute atomic E-state index is 9.39. The van der Waals surface area contributed by atoms with Crippen LogP contribution in [-0.4, -0.2) is 13.1 Å². The molecule has 112 valence electrons. The van der Waals surface area contributed by atoms with E-state index in [4.69, 9.17) is 0 Å². The van der Waals surface area contributed by atoms with Crippen LogP contribution in [-0.2, 0) is 0 Å². The van der Waals surface area contributed by atoms with Gasteiger partial charge in [-0.2, -0.15) is 5.26 Å². The van der Waals surface area contributed by atoms with Crippen molar-refractivity contribution in [1.29, 1.82) is 5.26 Å². The summed E-state index contributed by atoms with van der Waals surface area (Å²) in [5.74, 6) is 0. The SMILES string of the molecule is CCN(CC)c1ccc(/C=C(\C#N)c2ccc(Br)cc2)cc1. The van der Waals surface area contributed by atoms with Gasteiger partial charge in [-0.15, -0.1) is 0 Å². The number of halogens is 1. The Kier molecular flexibility index (Phi) is 5.80. The van der Waals surface area contributed by atoms with E-state index in [2.05, 4.69) is 65.0 Å². The van der Waals surface area contributed by atoms with E-state index in [0.717, 1.165) is 28.7 Å². The monoisotopic (exact) mass is 354 g/mol. The van der Waals surface area contributed by atoms with Crippen LogP contribution in [0.15, 0.2) is 53.0 Å². The van der Waals surface area contributed by atoms with E-state index in [0.29, 0.717) is 5.57 Å². The van der Waals surface area contributed by atoms with Gasteiger partial charge in [0.15, 0.2) is 0 Å². The molecule has 0 aliphatic heterocycles. The van der Waals surface area contributed by atoms with Gasteiger partial charge in [-0.05, 0) is 55.3 Å². The number of benzene rings is 2. The van der Waals surface area contributed by atoms with Gasteiger partial charge in [0, 0.05) is 23.2 Å². The summed E-state index contributed by atoms with van der Waals surface area (Å²) in [4.78, 5) is 2.30. The zero-order chi connectivity index (χ0) is 15.9. The fraction of sp³-hybridized carbons (Fsp3) is 0.211. The highest BCUT2D eigenvalue weighted by Gasteiger charge is 2.03. The van der Waals surface area contributed by atoms with Crippen LogP contribution in [0.25, 0.3) is 11.6 Å². The van der Waals surface area contributed by atoms with E-state index in [9.17, 15) is 5.26 Å². The third-order valence-electron chi connectivity index (χ3n) is 3.61. The van der Waals surface area contributed by atoms with Gasteiger partial charge >= 0.3 is 0 Å². The maximum Gasteiger partial charge on any atom is 0.0998 e. The second-order valence-corrected chi connectivity index (χ2v) is 5.86. The molecule has 0 aromatic heterocycles. The molecule has 0 fully saturated rings. The van der Waals surface area contributed by atoms with E-state index in [1.165, 1.54) is 5.69 Å². The molecule has 0 saturated heterocycles. The number of hydrogen-bond acceptors (Lipinski definition) is 2. The Morgan fingerprint density at radius 2 is 1.64 bits per heavy atom. The third-order valence-corrected chi connectivity index (χ3v) is 4.14. The molecule has 0 saturated carbocycles. The van der Waals surface area contributed by atoms with Crippen LogP contribution in [0.2, 0.25) is 0 Å². The van der Waals surface area contributed by atoms with E-state index in [-0.39, 0.29) is 0 Å². The van der Waals surface area contributed by atoms with Gasteiger partial charge < -0.3 is 4.90 Å². The first-order valence-electron chi connectivity index (χ1n) is 7.40. The van der Waals surface area contributed by atoms with Crippen LogP contribution in [0.4, 0.5) is 5.69 Å². The summed E-state index contributed by atoms with van der Waals surface area (Å²) in [6.07, 6.45) is 1.93. The minimum atomic E-state index is 0.670. The predicted octanol–water partition coefficient (Wildman–Crippen LogP) is 5.36. The lowest BCUT2D eigenvalue weighted by atomic mass is 10.0. The third kappa shape index (κ3) is 3.99. The Balaban J connectivity index is 2.27. The first kappa shape index (κ1) is 16.3. The molecule has 0 aliphatic carbocycles. The summed E-state index contributed by atoms with van der Waals surface area (Å²) in [5.41, 5.74) is 3.85. The van der Waals surface area contributed by atoms with Crippen molar-refractivity contribution < 1.29 is 0 Å². The average Bonchev–Trinajstić information content (AvgIpc) is 2.56. The smallest absolute Gasteiger partial charge is 0.0998 e. The zero-order valence-corrected chi connectivity index (χ0v) is 14.5. The fourth-order valence-electron chi connectivity index (χ4n) is 2.35. The van der Waals surface area contributed by atoms with Crippen molar-refractivity contribution in [2.24, 2.45) is 0 Å². The highest BCUT2D eigenvalue weighted by Crippen LogP contribution is 2.22. The summed E-state index contributed by atoms with van der Waals surface area (Å²) in [6.45, 7) is 6.29. The highest BCUT2D eigenvalue weighted by molar-refractivity contribution is 9.10. The highest BCUT2D eigenvalue weighted by atomic mass is 79.9. The first-order chi connectivity index (χ1) is 10.7. The predicted molar refractivity (Wildman–Crippen MR) is 97.6 cm³/mol. The Morgan fingerprint density at radius 3 is 2.14 bits per heavy atom. The van der Waals surface area contributed by atoms with Crippen molar-refractivity contribution in [3.63, 3.8) is 0 Å². The Labute approximate surface area is 140 Å². The van der Waals surface area contributed by atoms with E-state index >= 15 is 0 Å². The molecule has 2 nitrogen and oxygen atoms in total. The quantitative estimate of drug-likeness (QED) is 0.533. The lowest BCUT2D eigenvalue weighted by Crippen LogP contribution is -2.21. The number of nitrogens with zero attached hydrogens (tertiary/aromatic N) is 2. The molecule has 22 heavy (non-hydrogen) atoms. The number of hydrogen-bond donors (Lipinski definition) is 0. The molecule has 2 aromatic carbocycles. The standard InChI is InChI=1S/C19H19BrN2/c1-3-22(4-2)19-11-5-15(6-12-19)13-17(14-21)16-7-9-18(20)10-8-16/h5-13H,3-4H2,1-2H3/b17-13+. The van der Waals surface area contributed by atoms with Crippen LogP contribution in [0.5, 0.6) is 0 Å². The summed E-state index contributed by atoms with van der Waals surface area (Å²) < 4.78 is 1.01. The Hall–Kier alpha value is -2.05. The molecule has 0 unspecified atom stereocenters. The number of anilines is 1. The van der Waals surface area contributed by atoms with Crippen molar-refractivity contribution in [2.75, 3.05) is 18.0 Å². The second kappa shape index (κ2) is 7.82. The number of nitriles is 1. The zero-order valence-electron chi connectivity index (χ0n) is 12.9. The van der Waals surface area contributed by atoms with Crippen LogP contribution >= 0.6 is 15.9 Å². The maximum atomic E-state index is 9.39. The van der Waals surface area contributed by atoms with Gasteiger partial charge in [0.05, 0.1) is 11.6 Å². The van der Waals surface area contributed by atoms with Crippen LogP contribution in [0, 0.1) is 11.3 Å². The van der Waals surface area contributed by atoms with Gasteiger partial charge in [-0.25, -0.2) is 0 Å². The Bertz CT molecular complexity index is 675. The molecule has 0 spiro atoms. The molecule has 0 amide bonds. The van der Waals surface area contributed by atoms with E-state index in [1.807, 2.05) is 30.3 Å². The minimum absolute atomic E-state index is 0.670. The van der Waals surface area contributed by atoms with Crippen molar-refractivity contribution >= 4 is 33.3 Å². The molecule has 0 N–H and O–H groups in total. The number of rotatable bonds is 5. The van der Waals surface area contributed by atoms with Gasteiger partial charge in [0.25, 0.3) is 0 Å². The summed E-state index contributed by atoms with van der Waals surface area (Å²) in [7, 11) is 0.